The molecule has 5 aromatic carbocycles. The first-order valence-corrected chi connectivity index (χ1v) is 13.4. The first-order chi connectivity index (χ1) is 18.0. The molecule has 0 fully saturated rings. The van der Waals surface area contributed by atoms with E-state index in [1.54, 1.807) is 0 Å². The number of hydrogen-bond donors (Lipinski definition) is 1. The average Bonchev–Trinajstić information content (AvgIpc) is 3.39. The van der Waals surface area contributed by atoms with Gasteiger partial charge < -0.3 is 4.98 Å². The molecule has 0 bridgehead atoms. The summed E-state index contributed by atoms with van der Waals surface area (Å²) in [6, 6.07) is 32.0. The van der Waals surface area contributed by atoms with Crippen molar-refractivity contribution in [3.63, 3.8) is 0 Å². The van der Waals surface area contributed by atoms with Crippen LogP contribution < -0.4 is 0 Å². The maximum atomic E-state index is 3.80. The van der Waals surface area contributed by atoms with Crippen LogP contribution in [0.25, 0.3) is 60.9 Å². The Morgan fingerprint density at radius 1 is 0.784 bits per heavy atom. The van der Waals surface area contributed by atoms with E-state index in [0.717, 1.165) is 6.42 Å². The third-order valence-corrected chi connectivity index (χ3v) is 8.92. The minimum absolute atomic E-state index is 0. The van der Waals surface area contributed by atoms with Crippen molar-refractivity contribution in [2.24, 2.45) is 5.92 Å². The number of allylic oxidation sites excluding steroid dienone is 1. The van der Waals surface area contributed by atoms with Crippen LogP contribution in [0.1, 0.15) is 44.5 Å². The Balaban J connectivity index is 0.00000242. The van der Waals surface area contributed by atoms with E-state index in [-0.39, 0.29) is 6.84 Å². The summed E-state index contributed by atoms with van der Waals surface area (Å²) in [7, 11) is 0. The molecule has 2 aliphatic carbocycles. The summed E-state index contributed by atoms with van der Waals surface area (Å²) in [4.78, 5) is 3.80. The van der Waals surface area contributed by atoms with Gasteiger partial charge in [-0.05, 0) is 80.3 Å². The number of aromatic amines is 1. The molecule has 0 saturated carbocycles. The second-order valence-corrected chi connectivity index (χ2v) is 11.6. The van der Waals surface area contributed by atoms with Gasteiger partial charge in [-0.2, -0.15) is 0 Å². The van der Waals surface area contributed by atoms with Gasteiger partial charge in [-0.15, -0.1) is 0 Å². The van der Waals surface area contributed by atoms with Crippen LogP contribution in [-0.4, -0.2) is 4.98 Å². The van der Waals surface area contributed by atoms with Gasteiger partial charge in [0.25, 0.3) is 0 Å². The van der Waals surface area contributed by atoms with Crippen LogP contribution in [0, 0.1) is 5.92 Å². The van der Waals surface area contributed by atoms with Crippen LogP contribution in [0.5, 0.6) is 0 Å². The number of hydrogen-bond acceptors (Lipinski definition) is 0. The summed E-state index contributed by atoms with van der Waals surface area (Å²) in [5, 5.41) is 5.30. The van der Waals surface area contributed by atoms with Crippen LogP contribution in [0.3, 0.4) is 0 Å². The number of H-pyrrole nitrogens is 1. The Morgan fingerprint density at radius 3 is 2.57 bits per heavy atom. The minimum Gasteiger partial charge on any atom is -0.354 e. The molecule has 180 valence electrons. The Kier molecular flexibility index (Phi) is 4.11. The van der Waals surface area contributed by atoms with Crippen molar-refractivity contribution in [1.29, 1.82) is 0 Å². The summed E-state index contributed by atoms with van der Waals surface area (Å²) in [6.45, 7) is 7.05. The van der Waals surface area contributed by atoms with Gasteiger partial charge in [0.2, 0.25) is 0 Å². The van der Waals surface area contributed by atoms with Crippen molar-refractivity contribution >= 4 is 38.7 Å². The highest BCUT2D eigenvalue weighted by Crippen LogP contribution is 2.52. The summed E-state index contributed by atoms with van der Waals surface area (Å²) < 4.78 is 0. The average molecular weight is 478 g/mol. The molecular formula is C36H31N. The number of benzene rings is 5. The van der Waals surface area contributed by atoms with Crippen molar-refractivity contribution in [2.45, 2.75) is 32.6 Å². The Morgan fingerprint density at radius 2 is 1.65 bits per heavy atom. The molecule has 1 unspecified atom stereocenters. The van der Waals surface area contributed by atoms with Crippen LogP contribution in [0.4, 0.5) is 0 Å². The second-order valence-electron chi connectivity index (χ2n) is 11.6. The normalized spacial score (nSPS) is 17.3. The number of aromatic nitrogens is 1. The van der Waals surface area contributed by atoms with Crippen LogP contribution in [0.2, 0.25) is 0 Å². The van der Waals surface area contributed by atoms with Crippen molar-refractivity contribution < 1.29 is 1.43 Å². The van der Waals surface area contributed by atoms with Crippen molar-refractivity contribution in [3.8, 4) is 22.3 Å². The zero-order valence-corrected chi connectivity index (χ0v) is 21.5. The van der Waals surface area contributed by atoms with Gasteiger partial charge >= 0.3 is 0 Å². The third-order valence-electron chi connectivity index (χ3n) is 8.92. The van der Waals surface area contributed by atoms with E-state index in [0.29, 0.717) is 5.92 Å². The smallest absolute Gasteiger partial charge is 0.0544 e. The highest BCUT2D eigenvalue weighted by molar-refractivity contribution is 6.13. The lowest BCUT2D eigenvalue weighted by Gasteiger charge is -2.22. The van der Waals surface area contributed by atoms with Crippen molar-refractivity contribution in [2.75, 3.05) is 0 Å². The summed E-state index contributed by atoms with van der Waals surface area (Å²) in [5.74, 6) is 0.599. The summed E-state index contributed by atoms with van der Waals surface area (Å²) in [6.07, 6.45) is 5.73. The van der Waals surface area contributed by atoms with Gasteiger partial charge in [-0.1, -0.05) is 99.7 Å². The molecule has 1 N–H and O–H groups in total. The first kappa shape index (κ1) is 21.0. The van der Waals surface area contributed by atoms with Crippen molar-refractivity contribution in [3.05, 3.63) is 113 Å². The van der Waals surface area contributed by atoms with Crippen LogP contribution in [-0.2, 0) is 11.8 Å². The number of nitrogens with one attached hydrogen (secondary N) is 1. The molecule has 6 aromatic rings. The molecular weight excluding hydrogens is 446 g/mol. The lowest BCUT2D eigenvalue weighted by molar-refractivity contribution is 0.661. The molecule has 0 aliphatic heterocycles. The fraction of sp³-hybridized carbons (Fsp3) is 0.167. The predicted molar refractivity (Wildman–Crippen MR) is 160 cm³/mol. The molecule has 2 aliphatic rings. The molecule has 1 nitrogen and oxygen atoms in total. The molecule has 0 saturated heterocycles. The topological polar surface area (TPSA) is 15.8 Å². The zero-order valence-electron chi connectivity index (χ0n) is 21.5. The second kappa shape index (κ2) is 7.23. The van der Waals surface area contributed by atoms with E-state index < -0.39 is 0 Å². The molecule has 0 amide bonds. The highest BCUT2D eigenvalue weighted by Gasteiger charge is 2.36. The Hall–Kier alpha value is -4.10. The molecule has 1 heteroatoms. The van der Waals surface area contributed by atoms with Gasteiger partial charge in [-0.3, -0.25) is 0 Å². The minimum atomic E-state index is -0.0405. The SMILES string of the molecule is CC1C=Cc2cc3[nH]c4c(-c5ccc6c(c5)C(C)(C)c5ccc7ccccc7c5-6)cccc4c3cc2C1.[HH]. The lowest BCUT2D eigenvalue weighted by atomic mass is 9.81. The first-order valence-electron chi connectivity index (χ1n) is 13.4. The maximum Gasteiger partial charge on any atom is 0.0544 e. The Labute approximate surface area is 219 Å². The van der Waals surface area contributed by atoms with Gasteiger partial charge in [-0.25, -0.2) is 0 Å². The predicted octanol–water partition coefficient (Wildman–Crippen LogP) is 9.90. The molecule has 1 aromatic heterocycles. The molecule has 1 atom stereocenters. The lowest BCUT2D eigenvalue weighted by Crippen LogP contribution is -2.15. The fourth-order valence-electron chi connectivity index (χ4n) is 6.96. The van der Waals surface area contributed by atoms with E-state index >= 15 is 0 Å². The van der Waals surface area contributed by atoms with E-state index in [4.69, 9.17) is 0 Å². The van der Waals surface area contributed by atoms with E-state index in [1.165, 1.54) is 77.1 Å². The van der Waals surface area contributed by atoms with E-state index in [1.807, 2.05) is 0 Å². The van der Waals surface area contributed by atoms with Gasteiger partial charge in [0, 0.05) is 28.7 Å². The molecule has 0 radical (unpaired) electrons. The molecule has 1 heterocycles. The monoisotopic (exact) mass is 477 g/mol. The van der Waals surface area contributed by atoms with Gasteiger partial charge in [0.1, 0.15) is 0 Å². The highest BCUT2D eigenvalue weighted by atomic mass is 14.7. The number of para-hydroxylation sites is 1. The number of rotatable bonds is 1. The maximum absolute atomic E-state index is 3.80. The quantitative estimate of drug-likeness (QED) is 0.242. The standard InChI is InChI=1S/C36H29N.H2/c1-21-11-12-23-20-33-30(18-25(23)17-21)28-10-6-9-27(35(28)37-33)24-13-15-29-32(19-24)36(2,3)31-16-14-22-7-4-5-8-26(22)34(29)31;/h4-16,18-21,37H,17H2,1-3H3;1H. The zero-order chi connectivity index (χ0) is 24.9. The third kappa shape index (κ3) is 2.86. The molecule has 0 spiro atoms. The molecule has 37 heavy (non-hydrogen) atoms. The summed E-state index contributed by atoms with van der Waals surface area (Å²) in [5.41, 5.74) is 13.4. The van der Waals surface area contributed by atoms with E-state index in [9.17, 15) is 0 Å². The van der Waals surface area contributed by atoms with E-state index in [2.05, 4.69) is 123 Å². The fourth-order valence-corrected chi connectivity index (χ4v) is 6.96. The van der Waals surface area contributed by atoms with Crippen LogP contribution >= 0.6 is 0 Å². The largest absolute Gasteiger partial charge is 0.354 e. The van der Waals surface area contributed by atoms with Gasteiger partial charge in [0.15, 0.2) is 0 Å². The van der Waals surface area contributed by atoms with Gasteiger partial charge in [0.05, 0.1) is 5.52 Å². The molecule has 8 rings (SSSR count). The Bertz CT molecular complexity index is 1950. The summed E-state index contributed by atoms with van der Waals surface area (Å²) >= 11 is 0. The van der Waals surface area contributed by atoms with Crippen molar-refractivity contribution in [1.82, 2.24) is 4.98 Å². The number of fused-ring (bicyclic) bond motifs is 9. The van der Waals surface area contributed by atoms with Crippen LogP contribution in [0.15, 0.2) is 91.0 Å².